The van der Waals surface area contributed by atoms with E-state index in [-0.39, 0.29) is 8.80 Å². The molecule has 0 bridgehead atoms. The monoisotopic (exact) mass is 143 g/mol. The molecule has 0 fully saturated rings. The maximum atomic E-state index is 5.14. The van der Waals surface area contributed by atoms with Gasteiger partial charge in [0.05, 0.1) is 21.7 Å². The van der Waals surface area contributed by atoms with Gasteiger partial charge >= 0.3 is 0 Å². The fraction of sp³-hybridized carbons (Fsp3) is 0.714. The van der Waals surface area contributed by atoms with Crippen LogP contribution in [-0.4, -0.2) is 15.4 Å². The molecule has 0 amide bonds. The van der Waals surface area contributed by atoms with Gasteiger partial charge in [-0.15, -0.1) is 0 Å². The van der Waals surface area contributed by atoms with Crippen LogP contribution in [0.25, 0.3) is 0 Å². The molecule has 0 aliphatic carbocycles. The molecule has 1 radical (unpaired) electrons. The molecule has 0 unspecified atom stereocenters. The van der Waals surface area contributed by atoms with Crippen molar-refractivity contribution in [3.8, 4) is 0 Å². The molecule has 0 N–H and O–H groups in total. The first-order valence-corrected chi connectivity index (χ1v) is 5.93. The quantitative estimate of drug-likeness (QED) is 0.333. The van der Waals surface area contributed by atoms with Gasteiger partial charge in [0.2, 0.25) is 0 Å². The van der Waals surface area contributed by atoms with Crippen molar-refractivity contribution in [3.63, 3.8) is 0 Å². The van der Waals surface area contributed by atoms with Crippen LogP contribution in [-0.2, 0) is 4.74 Å². The number of hydrogen-bond donors (Lipinski definition) is 0. The van der Waals surface area contributed by atoms with Crippen molar-refractivity contribution in [2.45, 2.75) is 26.4 Å². The second-order valence-electron chi connectivity index (χ2n) is 2.25. The third kappa shape index (κ3) is 7.76. The summed E-state index contributed by atoms with van der Waals surface area (Å²) >= 11 is 0. The summed E-state index contributed by atoms with van der Waals surface area (Å²) in [4.78, 5) is 0. The minimum atomic E-state index is -0.221. The summed E-state index contributed by atoms with van der Waals surface area (Å²) in [7, 11) is -0.221. The van der Waals surface area contributed by atoms with E-state index in [1.165, 1.54) is 0 Å². The van der Waals surface area contributed by atoms with Crippen molar-refractivity contribution in [2.75, 3.05) is 6.61 Å². The van der Waals surface area contributed by atoms with Crippen molar-refractivity contribution in [2.24, 2.45) is 0 Å². The van der Waals surface area contributed by atoms with Gasteiger partial charge in [0.25, 0.3) is 0 Å². The number of rotatable bonds is 4. The molecular formula is C7H15OSi. The Morgan fingerprint density at radius 2 is 2.11 bits per heavy atom. The van der Waals surface area contributed by atoms with Crippen molar-refractivity contribution < 1.29 is 4.74 Å². The van der Waals surface area contributed by atoms with Crippen molar-refractivity contribution >= 4 is 8.80 Å². The standard InChI is InChI=1S/C7H15OSi/c1-4-5-8-6-7-9(2)3/h6-7H,4-5H2,1-3H3. The molecule has 0 saturated carbocycles. The average Bonchev–Trinajstić information content (AvgIpc) is 1.80. The molecule has 0 aromatic heterocycles. The average molecular weight is 143 g/mol. The molecule has 53 valence electrons. The molecule has 0 rings (SSSR count). The highest BCUT2D eigenvalue weighted by atomic mass is 28.3. The Morgan fingerprint density at radius 1 is 1.44 bits per heavy atom. The first-order chi connectivity index (χ1) is 4.27. The normalized spacial score (nSPS) is 11.1. The zero-order valence-electron chi connectivity index (χ0n) is 6.48. The van der Waals surface area contributed by atoms with Crippen molar-refractivity contribution in [1.82, 2.24) is 0 Å². The summed E-state index contributed by atoms with van der Waals surface area (Å²) in [5.74, 6) is 0. The summed E-state index contributed by atoms with van der Waals surface area (Å²) in [6.45, 7) is 7.43. The Balaban J connectivity index is 3.04. The van der Waals surface area contributed by atoms with Gasteiger partial charge in [-0.05, 0) is 6.42 Å². The molecule has 0 spiro atoms. The van der Waals surface area contributed by atoms with Crippen LogP contribution in [0, 0.1) is 0 Å². The molecular weight excluding hydrogens is 128 g/mol. The second kappa shape index (κ2) is 5.89. The van der Waals surface area contributed by atoms with Gasteiger partial charge in [-0.25, -0.2) is 0 Å². The molecule has 0 aromatic rings. The van der Waals surface area contributed by atoms with Crippen LogP contribution in [0.5, 0.6) is 0 Å². The molecule has 1 nitrogen and oxygen atoms in total. The molecule has 0 heterocycles. The zero-order valence-corrected chi connectivity index (χ0v) is 7.48. The van der Waals surface area contributed by atoms with E-state index in [2.05, 4.69) is 25.7 Å². The SMILES string of the molecule is CCCOC=C[Si](C)C. The van der Waals surface area contributed by atoms with E-state index in [0.717, 1.165) is 13.0 Å². The molecule has 2 heteroatoms. The lowest BCUT2D eigenvalue weighted by Gasteiger charge is -1.95. The van der Waals surface area contributed by atoms with Crippen molar-refractivity contribution in [3.05, 3.63) is 12.0 Å². The van der Waals surface area contributed by atoms with Gasteiger partial charge in [-0.1, -0.05) is 25.7 Å². The van der Waals surface area contributed by atoms with Crippen LogP contribution >= 0.6 is 0 Å². The Hall–Kier alpha value is -0.243. The Labute approximate surface area is 59.3 Å². The first-order valence-electron chi connectivity index (χ1n) is 3.35. The molecule has 0 aliphatic heterocycles. The third-order valence-electron chi connectivity index (χ3n) is 0.820. The fourth-order valence-electron chi connectivity index (χ4n) is 0.370. The Morgan fingerprint density at radius 3 is 2.56 bits per heavy atom. The summed E-state index contributed by atoms with van der Waals surface area (Å²) in [6, 6.07) is 0. The van der Waals surface area contributed by atoms with Crippen LogP contribution in [0.15, 0.2) is 12.0 Å². The van der Waals surface area contributed by atoms with Gasteiger partial charge in [0.1, 0.15) is 0 Å². The van der Waals surface area contributed by atoms with Gasteiger partial charge < -0.3 is 4.74 Å². The van der Waals surface area contributed by atoms with E-state index in [1.807, 2.05) is 6.26 Å². The van der Waals surface area contributed by atoms with Gasteiger partial charge in [0, 0.05) is 0 Å². The Kier molecular flexibility index (Phi) is 5.73. The summed E-state index contributed by atoms with van der Waals surface area (Å²) in [5.41, 5.74) is 2.15. The topological polar surface area (TPSA) is 9.23 Å². The van der Waals surface area contributed by atoms with Crippen LogP contribution in [0.4, 0.5) is 0 Å². The fourth-order valence-corrected chi connectivity index (χ4v) is 0.738. The van der Waals surface area contributed by atoms with E-state index in [9.17, 15) is 0 Å². The summed E-state index contributed by atoms with van der Waals surface area (Å²) < 4.78 is 5.14. The molecule has 9 heavy (non-hydrogen) atoms. The summed E-state index contributed by atoms with van der Waals surface area (Å²) in [5, 5.41) is 0. The lowest BCUT2D eigenvalue weighted by Crippen LogP contribution is -1.93. The van der Waals surface area contributed by atoms with Crippen LogP contribution in [0.3, 0.4) is 0 Å². The molecule has 0 aromatic carbocycles. The predicted octanol–water partition coefficient (Wildman–Crippen LogP) is 2.22. The summed E-state index contributed by atoms with van der Waals surface area (Å²) in [6.07, 6.45) is 2.93. The maximum Gasteiger partial charge on any atom is 0.0870 e. The van der Waals surface area contributed by atoms with Gasteiger partial charge in [-0.2, -0.15) is 0 Å². The number of ether oxygens (including phenoxy) is 1. The van der Waals surface area contributed by atoms with Gasteiger partial charge in [0.15, 0.2) is 0 Å². The highest BCUT2D eigenvalue weighted by molar-refractivity contribution is 6.61. The Bertz CT molecular complexity index is 79.0. The van der Waals surface area contributed by atoms with Crippen LogP contribution < -0.4 is 0 Å². The largest absolute Gasteiger partial charge is 0.502 e. The third-order valence-corrected chi connectivity index (χ3v) is 1.62. The lowest BCUT2D eigenvalue weighted by molar-refractivity contribution is 0.250. The smallest absolute Gasteiger partial charge is 0.0870 e. The lowest BCUT2D eigenvalue weighted by atomic mass is 10.5. The molecule has 0 atom stereocenters. The molecule has 0 aliphatic rings. The van der Waals surface area contributed by atoms with E-state index in [4.69, 9.17) is 4.74 Å². The minimum Gasteiger partial charge on any atom is -0.502 e. The zero-order chi connectivity index (χ0) is 7.11. The first kappa shape index (κ1) is 8.76. The number of hydrogen-bond acceptors (Lipinski definition) is 1. The van der Waals surface area contributed by atoms with Gasteiger partial charge in [-0.3, -0.25) is 0 Å². The van der Waals surface area contributed by atoms with Crippen LogP contribution in [0.1, 0.15) is 13.3 Å². The van der Waals surface area contributed by atoms with E-state index >= 15 is 0 Å². The maximum absolute atomic E-state index is 5.14. The highest BCUT2D eigenvalue weighted by Gasteiger charge is 1.84. The highest BCUT2D eigenvalue weighted by Crippen LogP contribution is 1.85. The predicted molar refractivity (Wildman–Crippen MR) is 42.9 cm³/mol. The van der Waals surface area contributed by atoms with E-state index in [1.54, 1.807) is 0 Å². The van der Waals surface area contributed by atoms with E-state index in [0.29, 0.717) is 0 Å². The second-order valence-corrected chi connectivity index (χ2v) is 4.74. The minimum absolute atomic E-state index is 0.221. The van der Waals surface area contributed by atoms with E-state index < -0.39 is 0 Å². The van der Waals surface area contributed by atoms with Crippen LogP contribution in [0.2, 0.25) is 13.1 Å². The molecule has 0 saturated heterocycles. The van der Waals surface area contributed by atoms with Crippen molar-refractivity contribution in [1.29, 1.82) is 0 Å².